The lowest BCUT2D eigenvalue weighted by Gasteiger charge is -2.10. The van der Waals surface area contributed by atoms with Gasteiger partial charge in [-0.05, 0) is 25.0 Å². The Morgan fingerprint density at radius 3 is 2.72 bits per heavy atom. The van der Waals surface area contributed by atoms with Crippen molar-refractivity contribution in [3.63, 3.8) is 0 Å². The first-order chi connectivity index (χ1) is 8.66. The van der Waals surface area contributed by atoms with E-state index in [9.17, 15) is 9.59 Å². The summed E-state index contributed by atoms with van der Waals surface area (Å²) >= 11 is 1.29. The molecule has 1 aromatic carbocycles. The third kappa shape index (κ3) is 3.23. The number of hydrogen-bond donors (Lipinski definition) is 1. The second-order valence-electron chi connectivity index (χ2n) is 4.22. The van der Waals surface area contributed by atoms with Crippen LogP contribution in [-0.2, 0) is 9.59 Å². The Bertz CT molecular complexity index is 482. The quantitative estimate of drug-likeness (QED) is 0.849. The van der Waals surface area contributed by atoms with Crippen LogP contribution < -0.4 is 5.32 Å². The summed E-state index contributed by atoms with van der Waals surface area (Å²) in [5.74, 6) is 0.630. The van der Waals surface area contributed by atoms with E-state index in [0.29, 0.717) is 5.57 Å². The molecular formula is C14H15NO2S. The number of rotatable bonds is 3. The third-order valence-electron chi connectivity index (χ3n) is 2.78. The minimum Gasteiger partial charge on any atom is -0.342 e. The fourth-order valence-electron chi connectivity index (χ4n) is 1.76. The van der Waals surface area contributed by atoms with Gasteiger partial charge in [0, 0.05) is 11.3 Å². The van der Waals surface area contributed by atoms with Crippen molar-refractivity contribution in [2.24, 2.45) is 0 Å². The molecule has 1 heterocycles. The molecule has 0 aromatic heterocycles. The second kappa shape index (κ2) is 5.87. The summed E-state index contributed by atoms with van der Waals surface area (Å²) < 4.78 is 0. The van der Waals surface area contributed by atoms with Crippen molar-refractivity contribution in [2.75, 3.05) is 5.75 Å². The van der Waals surface area contributed by atoms with E-state index < -0.39 is 0 Å². The van der Waals surface area contributed by atoms with Crippen LogP contribution in [-0.4, -0.2) is 22.8 Å². The fraction of sp³-hybridized carbons (Fsp3) is 0.286. The number of hydrogen-bond acceptors (Lipinski definition) is 3. The summed E-state index contributed by atoms with van der Waals surface area (Å²) in [7, 11) is 0. The zero-order chi connectivity index (χ0) is 13.0. The van der Waals surface area contributed by atoms with Crippen molar-refractivity contribution in [1.29, 1.82) is 0 Å². The average Bonchev–Trinajstić information content (AvgIpc) is 2.76. The minimum atomic E-state index is -0.318. The lowest BCUT2D eigenvalue weighted by atomic mass is 10.1. The molecule has 2 rings (SSSR count). The summed E-state index contributed by atoms with van der Waals surface area (Å²) in [6.07, 6.45) is 2.55. The molecule has 18 heavy (non-hydrogen) atoms. The van der Waals surface area contributed by atoms with Crippen molar-refractivity contribution >= 4 is 28.9 Å². The van der Waals surface area contributed by atoms with Gasteiger partial charge in [-0.25, -0.2) is 0 Å². The van der Waals surface area contributed by atoms with Crippen LogP contribution in [0.1, 0.15) is 18.9 Å². The molecule has 0 spiro atoms. The zero-order valence-electron chi connectivity index (χ0n) is 10.2. The zero-order valence-corrected chi connectivity index (χ0v) is 11.0. The number of nitrogens with one attached hydrogen (secondary N) is 1. The molecule has 0 aliphatic carbocycles. The molecule has 0 bridgehead atoms. The van der Waals surface area contributed by atoms with Gasteiger partial charge in [-0.1, -0.05) is 42.1 Å². The van der Waals surface area contributed by atoms with Gasteiger partial charge in [0.05, 0.1) is 6.04 Å². The molecule has 1 N–H and O–H groups in total. The number of amides is 1. The highest BCUT2D eigenvalue weighted by Crippen LogP contribution is 2.19. The van der Waals surface area contributed by atoms with Crippen LogP contribution in [0.2, 0.25) is 0 Å². The van der Waals surface area contributed by atoms with Crippen molar-refractivity contribution in [3.05, 3.63) is 41.5 Å². The van der Waals surface area contributed by atoms with Gasteiger partial charge in [-0.3, -0.25) is 9.59 Å². The van der Waals surface area contributed by atoms with Crippen LogP contribution in [0.15, 0.2) is 35.9 Å². The monoisotopic (exact) mass is 261 g/mol. The fourth-order valence-corrected chi connectivity index (χ4v) is 2.70. The Morgan fingerprint density at radius 1 is 1.39 bits per heavy atom. The topological polar surface area (TPSA) is 46.2 Å². The van der Waals surface area contributed by atoms with E-state index in [1.165, 1.54) is 11.8 Å². The lowest BCUT2D eigenvalue weighted by Crippen LogP contribution is -2.37. The summed E-state index contributed by atoms with van der Waals surface area (Å²) in [5, 5.41) is 2.84. The van der Waals surface area contributed by atoms with E-state index in [0.717, 1.165) is 17.7 Å². The molecule has 1 aromatic rings. The molecule has 1 saturated heterocycles. The lowest BCUT2D eigenvalue weighted by molar-refractivity contribution is -0.121. The van der Waals surface area contributed by atoms with Gasteiger partial charge >= 0.3 is 0 Å². The smallest absolute Gasteiger partial charge is 0.247 e. The standard InChI is InChI=1S/C14H15NO2S/c1-10(9-11-5-3-2-4-6-11)13(16)15-12-7-8-18-14(12)17/h2-6,9,12H,7-8H2,1H3,(H,15,16)/b10-9+. The van der Waals surface area contributed by atoms with Gasteiger partial charge in [-0.2, -0.15) is 0 Å². The maximum atomic E-state index is 11.9. The van der Waals surface area contributed by atoms with Crippen LogP contribution in [0.4, 0.5) is 0 Å². The second-order valence-corrected chi connectivity index (χ2v) is 5.32. The molecule has 1 aliphatic heterocycles. The van der Waals surface area contributed by atoms with Gasteiger partial charge in [0.1, 0.15) is 0 Å². The Balaban J connectivity index is 2.00. The van der Waals surface area contributed by atoms with Gasteiger partial charge in [0.25, 0.3) is 0 Å². The van der Waals surface area contributed by atoms with Gasteiger partial charge < -0.3 is 5.32 Å². The first kappa shape index (κ1) is 12.9. The molecular weight excluding hydrogens is 246 g/mol. The van der Waals surface area contributed by atoms with Crippen molar-refractivity contribution in [3.8, 4) is 0 Å². The Hall–Kier alpha value is -1.55. The highest BCUT2D eigenvalue weighted by atomic mass is 32.2. The van der Waals surface area contributed by atoms with Crippen molar-refractivity contribution < 1.29 is 9.59 Å². The van der Waals surface area contributed by atoms with Gasteiger partial charge in [0.2, 0.25) is 11.0 Å². The SMILES string of the molecule is C/C(=C\c1ccccc1)C(=O)NC1CCSC1=O. The van der Waals surface area contributed by atoms with Crippen LogP contribution in [0.3, 0.4) is 0 Å². The number of carbonyl (C=O) groups excluding carboxylic acids is 2. The molecule has 1 amide bonds. The number of thioether (sulfide) groups is 1. The summed E-state index contributed by atoms with van der Waals surface area (Å²) in [6, 6.07) is 9.34. The third-order valence-corrected chi connectivity index (χ3v) is 3.79. The maximum Gasteiger partial charge on any atom is 0.247 e. The molecule has 1 fully saturated rings. The highest BCUT2D eigenvalue weighted by Gasteiger charge is 2.26. The Labute approximate surface area is 111 Å². The molecule has 3 nitrogen and oxygen atoms in total. The van der Waals surface area contributed by atoms with E-state index in [1.807, 2.05) is 36.4 Å². The van der Waals surface area contributed by atoms with E-state index >= 15 is 0 Å². The van der Waals surface area contributed by atoms with E-state index in [4.69, 9.17) is 0 Å². The molecule has 94 valence electrons. The maximum absolute atomic E-state index is 11.9. The van der Waals surface area contributed by atoms with Crippen molar-refractivity contribution in [2.45, 2.75) is 19.4 Å². The molecule has 4 heteroatoms. The summed E-state index contributed by atoms with van der Waals surface area (Å²) in [4.78, 5) is 23.3. The van der Waals surface area contributed by atoms with Crippen LogP contribution in [0.25, 0.3) is 6.08 Å². The average molecular weight is 261 g/mol. The normalized spacial score (nSPS) is 19.9. The summed E-state index contributed by atoms with van der Waals surface area (Å²) in [6.45, 7) is 1.76. The number of carbonyl (C=O) groups is 2. The van der Waals surface area contributed by atoms with Crippen LogP contribution >= 0.6 is 11.8 Å². The van der Waals surface area contributed by atoms with Gasteiger partial charge in [0.15, 0.2) is 0 Å². The predicted octanol–water partition coefficient (Wildman–Crippen LogP) is 2.24. The van der Waals surface area contributed by atoms with Crippen molar-refractivity contribution in [1.82, 2.24) is 5.32 Å². The summed E-state index contributed by atoms with van der Waals surface area (Å²) in [5.41, 5.74) is 1.60. The first-order valence-electron chi connectivity index (χ1n) is 5.87. The van der Waals surface area contributed by atoms with Crippen LogP contribution in [0.5, 0.6) is 0 Å². The largest absolute Gasteiger partial charge is 0.342 e. The highest BCUT2D eigenvalue weighted by molar-refractivity contribution is 8.14. The van der Waals surface area contributed by atoms with E-state index in [2.05, 4.69) is 5.32 Å². The minimum absolute atomic E-state index is 0.0656. The first-order valence-corrected chi connectivity index (χ1v) is 6.86. The molecule has 0 radical (unpaired) electrons. The molecule has 0 saturated carbocycles. The Morgan fingerprint density at radius 2 is 2.11 bits per heavy atom. The Kier molecular flexibility index (Phi) is 4.20. The molecule has 1 atom stereocenters. The molecule has 1 unspecified atom stereocenters. The van der Waals surface area contributed by atoms with Gasteiger partial charge in [-0.15, -0.1) is 0 Å². The van der Waals surface area contributed by atoms with E-state index in [1.54, 1.807) is 6.92 Å². The number of benzene rings is 1. The van der Waals surface area contributed by atoms with Crippen LogP contribution in [0, 0.1) is 0 Å². The molecule has 1 aliphatic rings. The van der Waals surface area contributed by atoms with E-state index in [-0.39, 0.29) is 17.1 Å². The predicted molar refractivity (Wildman–Crippen MR) is 74.1 cm³/mol.